The summed E-state index contributed by atoms with van der Waals surface area (Å²) in [4.78, 5) is 22.5. The Morgan fingerprint density at radius 3 is 2.55 bits per heavy atom. The standard InChI is InChI=1S/C15H20N2O3/c1-11(3-2-10-18)17-14(19)9-6-12-4-7-13(8-5-12)15(16)20/h4-9,11,18H,2-3,10H2,1H3,(H2,16,20)(H,17,19)/b9-6+. The number of benzene rings is 1. The molecule has 1 aromatic rings. The molecule has 1 aromatic carbocycles. The largest absolute Gasteiger partial charge is 0.396 e. The fourth-order valence-electron chi connectivity index (χ4n) is 1.69. The van der Waals surface area contributed by atoms with Crippen molar-refractivity contribution in [2.45, 2.75) is 25.8 Å². The minimum Gasteiger partial charge on any atom is -0.396 e. The lowest BCUT2D eigenvalue weighted by Crippen LogP contribution is -2.31. The molecule has 0 spiro atoms. The van der Waals surface area contributed by atoms with Crippen LogP contribution in [0.5, 0.6) is 0 Å². The van der Waals surface area contributed by atoms with Crippen LogP contribution in [0.25, 0.3) is 6.08 Å². The van der Waals surface area contributed by atoms with Crippen molar-refractivity contribution in [2.24, 2.45) is 5.73 Å². The number of rotatable bonds is 7. The summed E-state index contributed by atoms with van der Waals surface area (Å²) in [6, 6.07) is 6.70. The second-order valence-corrected chi connectivity index (χ2v) is 4.60. The summed E-state index contributed by atoms with van der Waals surface area (Å²) in [5.41, 5.74) is 6.39. The second-order valence-electron chi connectivity index (χ2n) is 4.60. The lowest BCUT2D eigenvalue weighted by atomic mass is 10.1. The molecule has 0 fully saturated rings. The van der Waals surface area contributed by atoms with Gasteiger partial charge in [-0.25, -0.2) is 0 Å². The van der Waals surface area contributed by atoms with Crippen LogP contribution in [-0.2, 0) is 4.79 Å². The fourth-order valence-corrected chi connectivity index (χ4v) is 1.69. The Balaban J connectivity index is 2.50. The fraction of sp³-hybridized carbons (Fsp3) is 0.333. The Kier molecular flexibility index (Phi) is 6.46. The number of amides is 2. The van der Waals surface area contributed by atoms with Gasteiger partial charge in [0.05, 0.1) is 0 Å². The van der Waals surface area contributed by atoms with Gasteiger partial charge < -0.3 is 16.2 Å². The van der Waals surface area contributed by atoms with E-state index in [4.69, 9.17) is 10.8 Å². The summed E-state index contributed by atoms with van der Waals surface area (Å²) in [6.45, 7) is 2.02. The smallest absolute Gasteiger partial charge is 0.248 e. The van der Waals surface area contributed by atoms with Gasteiger partial charge in [-0.05, 0) is 43.5 Å². The highest BCUT2D eigenvalue weighted by Gasteiger charge is 2.04. The van der Waals surface area contributed by atoms with Crippen molar-refractivity contribution in [1.29, 1.82) is 0 Å². The molecule has 1 atom stereocenters. The number of nitrogens with one attached hydrogen (secondary N) is 1. The first-order valence-electron chi connectivity index (χ1n) is 6.52. The van der Waals surface area contributed by atoms with E-state index in [2.05, 4.69) is 5.32 Å². The molecule has 5 nitrogen and oxygen atoms in total. The summed E-state index contributed by atoms with van der Waals surface area (Å²) in [6.07, 6.45) is 4.51. The van der Waals surface area contributed by atoms with Crippen molar-refractivity contribution in [3.05, 3.63) is 41.5 Å². The molecule has 5 heteroatoms. The number of hydrogen-bond donors (Lipinski definition) is 3. The van der Waals surface area contributed by atoms with E-state index in [1.807, 2.05) is 6.92 Å². The molecule has 0 heterocycles. The van der Waals surface area contributed by atoms with Crippen LogP contribution in [0, 0.1) is 0 Å². The Labute approximate surface area is 118 Å². The molecule has 0 radical (unpaired) electrons. The predicted octanol–water partition coefficient (Wildman–Crippen LogP) is 1.08. The molecule has 0 aliphatic carbocycles. The maximum atomic E-state index is 11.6. The molecule has 0 aromatic heterocycles. The number of primary amides is 1. The van der Waals surface area contributed by atoms with Crippen molar-refractivity contribution in [3.63, 3.8) is 0 Å². The van der Waals surface area contributed by atoms with E-state index in [9.17, 15) is 9.59 Å². The third-order valence-electron chi connectivity index (χ3n) is 2.81. The van der Waals surface area contributed by atoms with Gasteiger partial charge in [-0.2, -0.15) is 0 Å². The monoisotopic (exact) mass is 276 g/mol. The summed E-state index contributed by atoms with van der Waals surface area (Å²) in [5, 5.41) is 11.5. The predicted molar refractivity (Wildman–Crippen MR) is 77.9 cm³/mol. The summed E-state index contributed by atoms with van der Waals surface area (Å²) >= 11 is 0. The number of aliphatic hydroxyl groups excluding tert-OH is 1. The van der Waals surface area contributed by atoms with Crippen LogP contribution in [0.15, 0.2) is 30.3 Å². The molecule has 108 valence electrons. The van der Waals surface area contributed by atoms with Gasteiger partial charge in [-0.15, -0.1) is 0 Å². The van der Waals surface area contributed by atoms with E-state index in [0.29, 0.717) is 12.0 Å². The third kappa shape index (κ3) is 5.67. The van der Waals surface area contributed by atoms with Gasteiger partial charge >= 0.3 is 0 Å². The quantitative estimate of drug-likeness (QED) is 0.650. The molecule has 1 unspecified atom stereocenters. The first kappa shape index (κ1) is 15.9. The molecule has 20 heavy (non-hydrogen) atoms. The van der Waals surface area contributed by atoms with Gasteiger partial charge in [-0.3, -0.25) is 9.59 Å². The zero-order valence-electron chi connectivity index (χ0n) is 11.5. The second kappa shape index (κ2) is 8.12. The molecular weight excluding hydrogens is 256 g/mol. The summed E-state index contributed by atoms with van der Waals surface area (Å²) < 4.78 is 0. The topological polar surface area (TPSA) is 92.4 Å². The van der Waals surface area contributed by atoms with Crippen LogP contribution in [0.4, 0.5) is 0 Å². The summed E-state index contributed by atoms with van der Waals surface area (Å²) in [5.74, 6) is -0.662. The molecule has 0 bridgehead atoms. The molecule has 0 saturated heterocycles. The van der Waals surface area contributed by atoms with Crippen molar-refractivity contribution in [1.82, 2.24) is 5.32 Å². The third-order valence-corrected chi connectivity index (χ3v) is 2.81. The minimum absolute atomic E-state index is 0.0246. The van der Waals surface area contributed by atoms with Crippen molar-refractivity contribution in [2.75, 3.05) is 6.61 Å². The molecule has 0 aliphatic heterocycles. The Morgan fingerprint density at radius 2 is 2.00 bits per heavy atom. The first-order valence-corrected chi connectivity index (χ1v) is 6.52. The van der Waals surface area contributed by atoms with Gasteiger partial charge in [0.1, 0.15) is 0 Å². The van der Waals surface area contributed by atoms with E-state index >= 15 is 0 Å². The van der Waals surface area contributed by atoms with E-state index in [-0.39, 0.29) is 18.6 Å². The highest BCUT2D eigenvalue weighted by molar-refractivity contribution is 5.94. The van der Waals surface area contributed by atoms with Crippen LogP contribution < -0.4 is 11.1 Å². The molecule has 0 saturated carbocycles. The van der Waals surface area contributed by atoms with Gasteiger partial charge in [0, 0.05) is 24.3 Å². The normalized spacial score (nSPS) is 12.3. The lowest BCUT2D eigenvalue weighted by molar-refractivity contribution is -0.117. The maximum Gasteiger partial charge on any atom is 0.248 e. The van der Waals surface area contributed by atoms with Gasteiger partial charge in [0.15, 0.2) is 0 Å². The van der Waals surface area contributed by atoms with E-state index in [1.54, 1.807) is 30.3 Å². The molecular formula is C15H20N2O3. The number of carbonyl (C=O) groups excluding carboxylic acids is 2. The zero-order valence-corrected chi connectivity index (χ0v) is 11.5. The van der Waals surface area contributed by atoms with Crippen LogP contribution in [0.3, 0.4) is 0 Å². The zero-order chi connectivity index (χ0) is 15.0. The molecule has 2 amide bonds. The van der Waals surface area contributed by atoms with Crippen molar-refractivity contribution in [3.8, 4) is 0 Å². The van der Waals surface area contributed by atoms with Crippen LogP contribution in [0.2, 0.25) is 0 Å². The molecule has 4 N–H and O–H groups in total. The first-order chi connectivity index (χ1) is 9.52. The highest BCUT2D eigenvalue weighted by atomic mass is 16.3. The Bertz CT molecular complexity index is 480. The SMILES string of the molecule is CC(CCCO)NC(=O)/C=C/c1ccc(C(N)=O)cc1. The van der Waals surface area contributed by atoms with Gasteiger partial charge in [-0.1, -0.05) is 12.1 Å². The lowest BCUT2D eigenvalue weighted by Gasteiger charge is -2.10. The van der Waals surface area contributed by atoms with Crippen LogP contribution in [0.1, 0.15) is 35.7 Å². The molecule has 1 rings (SSSR count). The van der Waals surface area contributed by atoms with E-state index in [0.717, 1.165) is 12.0 Å². The van der Waals surface area contributed by atoms with E-state index < -0.39 is 5.91 Å². The Morgan fingerprint density at radius 1 is 1.35 bits per heavy atom. The van der Waals surface area contributed by atoms with Crippen LogP contribution in [-0.4, -0.2) is 29.6 Å². The maximum absolute atomic E-state index is 11.6. The van der Waals surface area contributed by atoms with Crippen molar-refractivity contribution < 1.29 is 14.7 Å². The number of nitrogens with two attached hydrogens (primary N) is 1. The Hall–Kier alpha value is -2.14. The van der Waals surface area contributed by atoms with Gasteiger partial charge in [0.2, 0.25) is 11.8 Å². The summed E-state index contributed by atoms with van der Waals surface area (Å²) in [7, 11) is 0. The van der Waals surface area contributed by atoms with Crippen LogP contribution >= 0.6 is 0 Å². The highest BCUT2D eigenvalue weighted by Crippen LogP contribution is 2.05. The number of carbonyl (C=O) groups is 2. The molecule has 0 aliphatic rings. The van der Waals surface area contributed by atoms with Crippen molar-refractivity contribution >= 4 is 17.9 Å². The average molecular weight is 276 g/mol. The van der Waals surface area contributed by atoms with Gasteiger partial charge in [0.25, 0.3) is 0 Å². The average Bonchev–Trinajstić information content (AvgIpc) is 2.43. The number of aliphatic hydroxyl groups is 1. The minimum atomic E-state index is -0.476. The van der Waals surface area contributed by atoms with E-state index in [1.165, 1.54) is 6.08 Å². The number of hydrogen-bond acceptors (Lipinski definition) is 3.